The first kappa shape index (κ1) is 9.32. The molecular formula is C8H17N3O. The molecule has 0 aromatic carbocycles. The summed E-state index contributed by atoms with van der Waals surface area (Å²) in [5.41, 5.74) is 5.04. The number of carbonyl (C=O) groups excluding carboxylic acids is 1. The highest BCUT2D eigenvalue weighted by Crippen LogP contribution is 2.17. The number of nitrogens with zero attached hydrogens (tertiary/aromatic N) is 1. The number of hydrogen-bond acceptors (Lipinski definition) is 2. The molecule has 0 aromatic rings. The van der Waals surface area contributed by atoms with E-state index >= 15 is 0 Å². The average Bonchev–Trinajstić information content (AvgIpc) is 2.33. The predicted molar refractivity (Wildman–Crippen MR) is 47.8 cm³/mol. The van der Waals surface area contributed by atoms with Crippen molar-refractivity contribution >= 4 is 6.03 Å². The number of rotatable bonds is 2. The summed E-state index contributed by atoms with van der Waals surface area (Å²) in [7, 11) is 2.08. The molecule has 70 valence electrons. The van der Waals surface area contributed by atoms with Crippen LogP contribution in [0.25, 0.3) is 0 Å². The molecule has 0 radical (unpaired) electrons. The lowest BCUT2D eigenvalue weighted by Gasteiger charge is -2.26. The summed E-state index contributed by atoms with van der Waals surface area (Å²) in [4.78, 5) is 12.8. The molecule has 1 saturated heterocycles. The van der Waals surface area contributed by atoms with Crippen LogP contribution in [0, 0.1) is 0 Å². The quantitative estimate of drug-likeness (QED) is 0.620. The molecule has 4 heteroatoms. The smallest absolute Gasteiger partial charge is 0.312 e. The molecule has 0 aromatic heterocycles. The number of urea groups is 1. The molecule has 4 nitrogen and oxygen atoms in total. The third-order valence-electron chi connectivity index (χ3n) is 2.52. The van der Waals surface area contributed by atoms with Gasteiger partial charge in [-0.25, -0.2) is 4.79 Å². The van der Waals surface area contributed by atoms with E-state index in [4.69, 9.17) is 5.73 Å². The minimum absolute atomic E-state index is 0.162. The van der Waals surface area contributed by atoms with E-state index in [9.17, 15) is 4.79 Å². The Morgan fingerprint density at radius 2 is 2.42 bits per heavy atom. The fourth-order valence-corrected chi connectivity index (χ4v) is 1.89. The maximum atomic E-state index is 10.6. The molecule has 1 aliphatic heterocycles. The molecule has 1 rings (SSSR count). The Bertz CT molecular complexity index is 172. The Morgan fingerprint density at radius 1 is 1.75 bits per heavy atom. The standard InChI is InChI=1S/C8H17N3O/c1-6(10-8(9)12)7-4-3-5-11(7)2/h6-7H,3-5H2,1-2H3,(H3,9,10,12). The van der Waals surface area contributed by atoms with Gasteiger partial charge in [0.15, 0.2) is 0 Å². The average molecular weight is 171 g/mol. The second-order valence-corrected chi connectivity index (χ2v) is 3.49. The summed E-state index contributed by atoms with van der Waals surface area (Å²) in [6, 6.07) is 0.190. The van der Waals surface area contributed by atoms with Crippen molar-refractivity contribution in [2.24, 2.45) is 5.73 Å². The Kier molecular flexibility index (Phi) is 2.92. The molecule has 1 aliphatic rings. The third kappa shape index (κ3) is 2.11. The van der Waals surface area contributed by atoms with E-state index in [1.54, 1.807) is 0 Å². The van der Waals surface area contributed by atoms with Crippen molar-refractivity contribution in [1.82, 2.24) is 10.2 Å². The van der Waals surface area contributed by atoms with Crippen LogP contribution < -0.4 is 11.1 Å². The van der Waals surface area contributed by atoms with Crippen molar-refractivity contribution in [2.75, 3.05) is 13.6 Å². The molecule has 2 atom stereocenters. The lowest BCUT2D eigenvalue weighted by Crippen LogP contribution is -2.47. The van der Waals surface area contributed by atoms with Gasteiger partial charge in [-0.2, -0.15) is 0 Å². The van der Waals surface area contributed by atoms with Gasteiger partial charge < -0.3 is 16.0 Å². The van der Waals surface area contributed by atoms with Crippen molar-refractivity contribution in [3.05, 3.63) is 0 Å². The van der Waals surface area contributed by atoms with E-state index in [0.29, 0.717) is 6.04 Å². The minimum atomic E-state index is -0.428. The van der Waals surface area contributed by atoms with Gasteiger partial charge in [-0.05, 0) is 33.4 Å². The highest BCUT2D eigenvalue weighted by atomic mass is 16.2. The summed E-state index contributed by atoms with van der Waals surface area (Å²) in [5.74, 6) is 0. The largest absolute Gasteiger partial charge is 0.352 e. The molecule has 2 unspecified atom stereocenters. The molecule has 0 bridgehead atoms. The molecule has 0 aliphatic carbocycles. The number of primary amides is 1. The minimum Gasteiger partial charge on any atom is -0.352 e. The summed E-state index contributed by atoms with van der Waals surface area (Å²) in [5, 5.41) is 2.71. The van der Waals surface area contributed by atoms with E-state index < -0.39 is 6.03 Å². The Morgan fingerprint density at radius 3 is 2.83 bits per heavy atom. The van der Waals surface area contributed by atoms with Crippen LogP contribution >= 0.6 is 0 Å². The first-order valence-electron chi connectivity index (χ1n) is 4.37. The molecule has 2 amide bonds. The molecule has 3 N–H and O–H groups in total. The number of likely N-dealkylation sites (tertiary alicyclic amines) is 1. The van der Waals surface area contributed by atoms with Gasteiger partial charge in [-0.15, -0.1) is 0 Å². The zero-order valence-electron chi connectivity index (χ0n) is 7.71. The fraction of sp³-hybridized carbons (Fsp3) is 0.875. The molecule has 12 heavy (non-hydrogen) atoms. The van der Waals surface area contributed by atoms with E-state index in [1.807, 2.05) is 6.92 Å². The number of likely N-dealkylation sites (N-methyl/N-ethyl adjacent to an activating group) is 1. The SMILES string of the molecule is CC(NC(N)=O)C1CCCN1C. The van der Waals surface area contributed by atoms with Crippen molar-refractivity contribution in [2.45, 2.75) is 31.8 Å². The first-order chi connectivity index (χ1) is 5.61. The zero-order valence-corrected chi connectivity index (χ0v) is 7.71. The van der Waals surface area contributed by atoms with Gasteiger partial charge in [-0.1, -0.05) is 0 Å². The topological polar surface area (TPSA) is 58.4 Å². The second-order valence-electron chi connectivity index (χ2n) is 3.49. The fourth-order valence-electron chi connectivity index (χ4n) is 1.89. The zero-order chi connectivity index (χ0) is 9.14. The van der Waals surface area contributed by atoms with Crippen LogP contribution in [0.4, 0.5) is 4.79 Å². The Balaban J connectivity index is 2.40. The number of nitrogens with two attached hydrogens (primary N) is 1. The van der Waals surface area contributed by atoms with Gasteiger partial charge in [-0.3, -0.25) is 0 Å². The van der Waals surface area contributed by atoms with Gasteiger partial charge in [0.25, 0.3) is 0 Å². The Labute approximate surface area is 73.1 Å². The normalized spacial score (nSPS) is 27.0. The van der Waals surface area contributed by atoms with Crippen LogP contribution in [0.1, 0.15) is 19.8 Å². The lowest BCUT2D eigenvalue weighted by atomic mass is 10.1. The molecule has 1 fully saturated rings. The van der Waals surface area contributed by atoms with Crippen LogP contribution in [0.2, 0.25) is 0 Å². The van der Waals surface area contributed by atoms with Crippen molar-refractivity contribution in [3.63, 3.8) is 0 Å². The van der Waals surface area contributed by atoms with Crippen LogP contribution in [-0.2, 0) is 0 Å². The van der Waals surface area contributed by atoms with Crippen LogP contribution in [0.3, 0.4) is 0 Å². The van der Waals surface area contributed by atoms with Gasteiger partial charge in [0.2, 0.25) is 0 Å². The first-order valence-corrected chi connectivity index (χ1v) is 4.37. The Hall–Kier alpha value is -0.770. The maximum Gasteiger partial charge on any atom is 0.312 e. The molecule has 0 saturated carbocycles. The number of nitrogens with one attached hydrogen (secondary N) is 1. The summed E-state index contributed by atoms with van der Waals surface area (Å²) in [6.45, 7) is 3.12. The summed E-state index contributed by atoms with van der Waals surface area (Å²) in [6.07, 6.45) is 2.36. The van der Waals surface area contributed by atoms with Gasteiger partial charge >= 0.3 is 6.03 Å². The number of carbonyl (C=O) groups is 1. The highest BCUT2D eigenvalue weighted by molar-refractivity contribution is 5.72. The van der Waals surface area contributed by atoms with Crippen molar-refractivity contribution in [1.29, 1.82) is 0 Å². The van der Waals surface area contributed by atoms with E-state index in [2.05, 4.69) is 17.3 Å². The maximum absolute atomic E-state index is 10.6. The van der Waals surface area contributed by atoms with Crippen molar-refractivity contribution in [3.8, 4) is 0 Å². The second kappa shape index (κ2) is 3.76. The van der Waals surface area contributed by atoms with E-state index in [-0.39, 0.29) is 6.04 Å². The van der Waals surface area contributed by atoms with Gasteiger partial charge in [0, 0.05) is 12.1 Å². The van der Waals surface area contributed by atoms with Crippen LogP contribution in [-0.4, -0.2) is 36.6 Å². The van der Waals surface area contributed by atoms with E-state index in [1.165, 1.54) is 6.42 Å². The molecule has 1 heterocycles. The third-order valence-corrected chi connectivity index (χ3v) is 2.52. The van der Waals surface area contributed by atoms with Crippen LogP contribution in [0.15, 0.2) is 0 Å². The van der Waals surface area contributed by atoms with Crippen molar-refractivity contribution < 1.29 is 4.79 Å². The number of amides is 2. The summed E-state index contributed by atoms with van der Waals surface area (Å²) < 4.78 is 0. The molecular weight excluding hydrogens is 154 g/mol. The lowest BCUT2D eigenvalue weighted by molar-refractivity contribution is 0.227. The number of hydrogen-bond donors (Lipinski definition) is 2. The van der Waals surface area contributed by atoms with Gasteiger partial charge in [0.1, 0.15) is 0 Å². The highest BCUT2D eigenvalue weighted by Gasteiger charge is 2.26. The monoisotopic (exact) mass is 171 g/mol. The van der Waals surface area contributed by atoms with Gasteiger partial charge in [0.05, 0.1) is 0 Å². The molecule has 0 spiro atoms. The summed E-state index contributed by atoms with van der Waals surface area (Å²) >= 11 is 0. The predicted octanol–water partition coefficient (Wildman–Crippen LogP) is 0.137. The van der Waals surface area contributed by atoms with E-state index in [0.717, 1.165) is 13.0 Å². The van der Waals surface area contributed by atoms with Crippen LogP contribution in [0.5, 0.6) is 0 Å².